The highest BCUT2D eigenvalue weighted by Crippen LogP contribution is 2.28. The molecule has 1 N–H and O–H groups in total. The predicted octanol–water partition coefficient (Wildman–Crippen LogP) is 2.32. The second-order valence-electron chi connectivity index (χ2n) is 8.50. The van der Waals surface area contributed by atoms with Crippen LogP contribution in [-0.4, -0.2) is 60.2 Å². The zero-order valence-corrected chi connectivity index (χ0v) is 16.6. The lowest BCUT2D eigenvalue weighted by Gasteiger charge is -2.35. The molecular formula is C21H35N3O3. The van der Waals surface area contributed by atoms with Gasteiger partial charge in [0.15, 0.2) is 0 Å². The number of carbonyl (C=O) groups is 3. The summed E-state index contributed by atoms with van der Waals surface area (Å²) in [5, 5.41) is 3.00. The monoisotopic (exact) mass is 377 g/mol. The molecule has 27 heavy (non-hydrogen) atoms. The highest BCUT2D eigenvalue weighted by atomic mass is 16.2. The Balaban J connectivity index is 1.27. The predicted molar refractivity (Wildman–Crippen MR) is 104 cm³/mol. The van der Waals surface area contributed by atoms with Crippen LogP contribution in [0, 0.1) is 11.8 Å². The van der Waals surface area contributed by atoms with Crippen LogP contribution in [0.5, 0.6) is 0 Å². The normalized spacial score (nSPS) is 22.3. The van der Waals surface area contributed by atoms with Crippen LogP contribution in [-0.2, 0) is 14.4 Å². The van der Waals surface area contributed by atoms with Gasteiger partial charge in [-0.1, -0.05) is 19.3 Å². The van der Waals surface area contributed by atoms with Crippen LogP contribution in [0.1, 0.15) is 70.6 Å². The Morgan fingerprint density at radius 3 is 2.37 bits per heavy atom. The van der Waals surface area contributed by atoms with E-state index in [9.17, 15) is 14.4 Å². The summed E-state index contributed by atoms with van der Waals surface area (Å²) in [5.41, 5.74) is 0. The highest BCUT2D eigenvalue weighted by Gasteiger charge is 2.29. The zero-order chi connectivity index (χ0) is 19.1. The van der Waals surface area contributed by atoms with Crippen molar-refractivity contribution < 1.29 is 14.4 Å². The summed E-state index contributed by atoms with van der Waals surface area (Å²) < 4.78 is 0. The molecule has 3 aliphatic rings. The van der Waals surface area contributed by atoms with Gasteiger partial charge in [0.2, 0.25) is 17.7 Å². The largest absolute Gasteiger partial charge is 0.356 e. The van der Waals surface area contributed by atoms with Gasteiger partial charge in [-0.3, -0.25) is 14.4 Å². The molecule has 152 valence electrons. The van der Waals surface area contributed by atoms with Crippen molar-refractivity contribution in [2.24, 2.45) is 11.8 Å². The van der Waals surface area contributed by atoms with E-state index in [1.165, 1.54) is 19.3 Å². The lowest BCUT2D eigenvalue weighted by molar-refractivity contribution is -0.138. The first kappa shape index (κ1) is 20.2. The van der Waals surface area contributed by atoms with E-state index in [-0.39, 0.29) is 17.7 Å². The van der Waals surface area contributed by atoms with E-state index in [1.54, 1.807) is 0 Å². The molecule has 6 heteroatoms. The van der Waals surface area contributed by atoms with Gasteiger partial charge in [-0.15, -0.1) is 0 Å². The van der Waals surface area contributed by atoms with Crippen molar-refractivity contribution in [1.82, 2.24) is 15.1 Å². The number of amides is 3. The number of carbonyl (C=O) groups excluding carboxylic acids is 3. The average molecular weight is 378 g/mol. The number of nitrogens with zero attached hydrogens (tertiary/aromatic N) is 2. The Kier molecular flexibility index (Phi) is 7.53. The van der Waals surface area contributed by atoms with Crippen molar-refractivity contribution in [3.63, 3.8) is 0 Å². The van der Waals surface area contributed by atoms with E-state index in [1.807, 2.05) is 9.80 Å². The van der Waals surface area contributed by atoms with Gasteiger partial charge in [0.1, 0.15) is 0 Å². The number of rotatable bonds is 7. The van der Waals surface area contributed by atoms with Gasteiger partial charge in [-0.25, -0.2) is 0 Å². The minimum Gasteiger partial charge on any atom is -0.356 e. The Morgan fingerprint density at radius 1 is 0.963 bits per heavy atom. The van der Waals surface area contributed by atoms with Gasteiger partial charge >= 0.3 is 0 Å². The van der Waals surface area contributed by atoms with Gasteiger partial charge in [0, 0.05) is 51.5 Å². The van der Waals surface area contributed by atoms with Crippen LogP contribution in [0.3, 0.4) is 0 Å². The minimum absolute atomic E-state index is 0.111. The van der Waals surface area contributed by atoms with Crippen molar-refractivity contribution in [2.45, 2.75) is 70.6 Å². The lowest BCUT2D eigenvalue weighted by atomic mass is 9.87. The summed E-state index contributed by atoms with van der Waals surface area (Å²) in [6.45, 7) is 3.88. The van der Waals surface area contributed by atoms with E-state index >= 15 is 0 Å². The molecule has 3 rings (SSSR count). The molecule has 0 aromatic heterocycles. The van der Waals surface area contributed by atoms with Gasteiger partial charge < -0.3 is 15.1 Å². The van der Waals surface area contributed by atoms with Crippen LogP contribution in [0.15, 0.2) is 0 Å². The third-order valence-electron chi connectivity index (χ3n) is 6.45. The van der Waals surface area contributed by atoms with E-state index in [0.29, 0.717) is 31.2 Å². The summed E-state index contributed by atoms with van der Waals surface area (Å²) in [7, 11) is 0. The van der Waals surface area contributed by atoms with Gasteiger partial charge in [-0.2, -0.15) is 0 Å². The molecule has 0 aromatic carbocycles. The maximum absolute atomic E-state index is 12.6. The van der Waals surface area contributed by atoms with Crippen LogP contribution in [0.25, 0.3) is 0 Å². The molecule has 1 saturated carbocycles. The van der Waals surface area contributed by atoms with Crippen molar-refractivity contribution >= 4 is 17.7 Å². The third-order valence-corrected chi connectivity index (χ3v) is 6.45. The molecule has 6 nitrogen and oxygen atoms in total. The standard InChI is InChI=1S/C21H35N3O3/c25-19(22-11-5-13-23-12-4-8-20(23)26)16-17-9-14-24(15-10-17)21(27)18-6-2-1-3-7-18/h17-18H,1-16H2,(H,22,25). The quantitative estimate of drug-likeness (QED) is 0.692. The second kappa shape index (κ2) is 10.1. The molecule has 0 spiro atoms. The molecule has 0 bridgehead atoms. The molecular weight excluding hydrogens is 342 g/mol. The number of nitrogens with one attached hydrogen (secondary N) is 1. The fourth-order valence-corrected chi connectivity index (χ4v) is 4.74. The Morgan fingerprint density at radius 2 is 1.70 bits per heavy atom. The molecule has 0 aromatic rings. The molecule has 2 heterocycles. The van der Waals surface area contributed by atoms with Crippen molar-refractivity contribution in [1.29, 1.82) is 0 Å². The maximum Gasteiger partial charge on any atom is 0.225 e. The average Bonchev–Trinajstić information content (AvgIpc) is 3.11. The first-order valence-corrected chi connectivity index (χ1v) is 11.0. The molecule has 0 radical (unpaired) electrons. The first-order valence-electron chi connectivity index (χ1n) is 11.0. The number of piperidine rings is 1. The molecule has 0 unspecified atom stereocenters. The van der Waals surface area contributed by atoms with Crippen molar-refractivity contribution in [2.75, 3.05) is 32.7 Å². The number of hydrogen-bond acceptors (Lipinski definition) is 3. The van der Waals surface area contributed by atoms with E-state index < -0.39 is 0 Å². The topological polar surface area (TPSA) is 69.7 Å². The zero-order valence-electron chi connectivity index (χ0n) is 16.6. The molecule has 3 amide bonds. The van der Waals surface area contributed by atoms with E-state index in [2.05, 4.69) is 5.32 Å². The van der Waals surface area contributed by atoms with Crippen LogP contribution < -0.4 is 5.32 Å². The maximum atomic E-state index is 12.6. The summed E-state index contributed by atoms with van der Waals surface area (Å²) in [6, 6.07) is 0. The lowest BCUT2D eigenvalue weighted by Crippen LogP contribution is -2.43. The van der Waals surface area contributed by atoms with E-state index in [4.69, 9.17) is 0 Å². The summed E-state index contributed by atoms with van der Waals surface area (Å²) in [4.78, 5) is 40.3. The Hall–Kier alpha value is -1.59. The molecule has 1 aliphatic carbocycles. The minimum atomic E-state index is 0.111. The summed E-state index contributed by atoms with van der Waals surface area (Å²) in [6.07, 6.45) is 10.7. The summed E-state index contributed by atoms with van der Waals surface area (Å²) in [5.74, 6) is 1.35. The number of hydrogen-bond donors (Lipinski definition) is 1. The second-order valence-corrected chi connectivity index (χ2v) is 8.50. The highest BCUT2D eigenvalue weighted by molar-refractivity contribution is 5.79. The fraction of sp³-hybridized carbons (Fsp3) is 0.857. The van der Waals surface area contributed by atoms with Crippen LogP contribution >= 0.6 is 0 Å². The summed E-state index contributed by atoms with van der Waals surface area (Å²) >= 11 is 0. The van der Waals surface area contributed by atoms with Crippen LogP contribution in [0.4, 0.5) is 0 Å². The molecule has 3 fully saturated rings. The van der Waals surface area contributed by atoms with Gasteiger partial charge in [-0.05, 0) is 44.4 Å². The Labute approximate surface area is 163 Å². The SMILES string of the molecule is O=C(CC1CCN(C(=O)C2CCCCC2)CC1)NCCCN1CCCC1=O. The third kappa shape index (κ3) is 5.94. The van der Waals surface area contributed by atoms with Crippen molar-refractivity contribution in [3.8, 4) is 0 Å². The molecule has 2 saturated heterocycles. The van der Waals surface area contributed by atoms with Gasteiger partial charge in [0.25, 0.3) is 0 Å². The van der Waals surface area contributed by atoms with Gasteiger partial charge in [0.05, 0.1) is 0 Å². The molecule has 0 atom stereocenters. The van der Waals surface area contributed by atoms with Crippen molar-refractivity contribution in [3.05, 3.63) is 0 Å². The Bertz CT molecular complexity index is 523. The molecule has 2 aliphatic heterocycles. The smallest absolute Gasteiger partial charge is 0.225 e. The number of likely N-dealkylation sites (tertiary alicyclic amines) is 2. The fourth-order valence-electron chi connectivity index (χ4n) is 4.74. The van der Waals surface area contributed by atoms with E-state index in [0.717, 1.165) is 64.7 Å². The van der Waals surface area contributed by atoms with Crippen LogP contribution in [0.2, 0.25) is 0 Å². The first-order chi connectivity index (χ1) is 13.1.